The highest BCUT2D eigenvalue weighted by Crippen LogP contribution is 2.35. The second-order valence-corrected chi connectivity index (χ2v) is 6.56. The molecular formula is C14H16FNS2. The van der Waals surface area contributed by atoms with Gasteiger partial charge in [0.25, 0.3) is 0 Å². The summed E-state index contributed by atoms with van der Waals surface area (Å²) in [5, 5.41) is 5.34. The first-order valence-electron chi connectivity index (χ1n) is 5.89. The molecule has 0 aliphatic rings. The molecule has 1 nitrogen and oxygen atoms in total. The summed E-state index contributed by atoms with van der Waals surface area (Å²) in [7, 11) is 0. The maximum absolute atomic E-state index is 13.9. The van der Waals surface area contributed by atoms with E-state index >= 15 is 0 Å². The molecule has 4 heteroatoms. The van der Waals surface area contributed by atoms with Crippen LogP contribution in [0.1, 0.15) is 19.4 Å². The van der Waals surface area contributed by atoms with Gasteiger partial charge in [-0.05, 0) is 23.1 Å². The zero-order valence-electron chi connectivity index (χ0n) is 10.4. The number of thiophene rings is 1. The molecule has 2 rings (SSSR count). The predicted octanol–water partition coefficient (Wildman–Crippen LogP) is 4.54. The third-order valence-corrected chi connectivity index (χ3v) is 4.65. The van der Waals surface area contributed by atoms with E-state index in [-0.39, 0.29) is 5.82 Å². The third kappa shape index (κ3) is 3.57. The molecule has 0 atom stereocenters. The molecule has 96 valence electrons. The summed E-state index contributed by atoms with van der Waals surface area (Å²) in [6.45, 7) is 4.87. The van der Waals surface area contributed by atoms with E-state index in [2.05, 4.69) is 19.2 Å². The Morgan fingerprint density at radius 3 is 2.78 bits per heavy atom. The second kappa shape index (κ2) is 6.36. The van der Waals surface area contributed by atoms with Crippen molar-refractivity contribution >= 4 is 23.1 Å². The summed E-state index contributed by atoms with van der Waals surface area (Å²) in [4.78, 5) is 0.730. The van der Waals surface area contributed by atoms with Crippen LogP contribution in [-0.2, 0) is 6.54 Å². The predicted molar refractivity (Wildman–Crippen MR) is 76.8 cm³/mol. The Morgan fingerprint density at radius 1 is 1.28 bits per heavy atom. The molecule has 0 saturated carbocycles. The lowest BCUT2D eigenvalue weighted by Crippen LogP contribution is -2.22. The Hall–Kier alpha value is -0.840. The Kier molecular flexibility index (Phi) is 4.80. The number of hydrogen-bond acceptors (Lipinski definition) is 3. The molecular weight excluding hydrogens is 265 g/mol. The summed E-state index contributed by atoms with van der Waals surface area (Å²) in [6, 6.07) is 9.67. The molecule has 1 aromatic heterocycles. The van der Waals surface area contributed by atoms with Crippen molar-refractivity contribution in [1.82, 2.24) is 5.32 Å². The molecule has 1 N–H and O–H groups in total. The van der Waals surface area contributed by atoms with E-state index in [1.165, 1.54) is 17.8 Å². The van der Waals surface area contributed by atoms with Crippen molar-refractivity contribution in [3.63, 3.8) is 0 Å². The van der Waals surface area contributed by atoms with Gasteiger partial charge in [-0.25, -0.2) is 4.39 Å². The fraction of sp³-hybridized carbons (Fsp3) is 0.286. The highest BCUT2D eigenvalue weighted by atomic mass is 32.2. The topological polar surface area (TPSA) is 12.0 Å². The quantitative estimate of drug-likeness (QED) is 0.863. The van der Waals surface area contributed by atoms with Gasteiger partial charge in [0.2, 0.25) is 0 Å². The Labute approximate surface area is 115 Å². The Morgan fingerprint density at radius 2 is 2.11 bits per heavy atom. The second-order valence-electron chi connectivity index (χ2n) is 4.30. The number of nitrogens with one attached hydrogen (secondary N) is 1. The Balaban J connectivity index is 2.21. The molecule has 0 aliphatic heterocycles. The van der Waals surface area contributed by atoms with E-state index in [4.69, 9.17) is 0 Å². The van der Waals surface area contributed by atoms with Crippen molar-refractivity contribution < 1.29 is 4.39 Å². The normalized spacial score (nSPS) is 11.1. The van der Waals surface area contributed by atoms with Crippen LogP contribution >= 0.6 is 23.1 Å². The highest BCUT2D eigenvalue weighted by molar-refractivity contribution is 8.01. The van der Waals surface area contributed by atoms with E-state index in [1.807, 2.05) is 23.6 Å². The van der Waals surface area contributed by atoms with Crippen LogP contribution in [0.2, 0.25) is 0 Å². The zero-order valence-corrected chi connectivity index (χ0v) is 12.1. The lowest BCUT2D eigenvalue weighted by atomic mass is 10.2. The van der Waals surface area contributed by atoms with Gasteiger partial charge < -0.3 is 5.32 Å². The van der Waals surface area contributed by atoms with Crippen molar-refractivity contribution in [3.8, 4) is 0 Å². The van der Waals surface area contributed by atoms with Crippen LogP contribution in [0.5, 0.6) is 0 Å². The lowest BCUT2D eigenvalue weighted by molar-refractivity contribution is 0.564. The molecule has 0 unspecified atom stereocenters. The molecule has 0 bridgehead atoms. The van der Waals surface area contributed by atoms with E-state index in [0.29, 0.717) is 12.6 Å². The number of hydrogen-bond donors (Lipinski definition) is 1. The van der Waals surface area contributed by atoms with Crippen LogP contribution in [0.3, 0.4) is 0 Å². The van der Waals surface area contributed by atoms with Crippen LogP contribution in [-0.4, -0.2) is 6.04 Å². The van der Waals surface area contributed by atoms with Crippen molar-refractivity contribution in [3.05, 3.63) is 47.1 Å². The van der Waals surface area contributed by atoms with Gasteiger partial charge in [0.1, 0.15) is 5.82 Å². The third-order valence-electron chi connectivity index (χ3n) is 2.45. The van der Waals surface area contributed by atoms with Crippen LogP contribution in [0, 0.1) is 5.82 Å². The highest BCUT2D eigenvalue weighted by Gasteiger charge is 2.10. The van der Waals surface area contributed by atoms with Gasteiger partial charge in [-0.3, -0.25) is 0 Å². The summed E-state index contributed by atoms with van der Waals surface area (Å²) in [5.41, 5.74) is 1.02. The molecule has 0 saturated heterocycles. The van der Waals surface area contributed by atoms with Crippen LogP contribution in [0.15, 0.2) is 44.8 Å². The van der Waals surface area contributed by atoms with E-state index in [1.54, 1.807) is 17.4 Å². The summed E-state index contributed by atoms with van der Waals surface area (Å²) in [5.74, 6) is -0.142. The van der Waals surface area contributed by atoms with E-state index < -0.39 is 0 Å². The molecule has 18 heavy (non-hydrogen) atoms. The van der Waals surface area contributed by atoms with Crippen LogP contribution < -0.4 is 5.32 Å². The molecule has 1 heterocycles. The van der Waals surface area contributed by atoms with Gasteiger partial charge in [-0.15, -0.1) is 11.3 Å². The van der Waals surface area contributed by atoms with Gasteiger partial charge in [0.15, 0.2) is 0 Å². The summed E-state index contributed by atoms with van der Waals surface area (Å²) >= 11 is 3.14. The van der Waals surface area contributed by atoms with Gasteiger partial charge in [0, 0.05) is 12.6 Å². The first kappa shape index (κ1) is 13.6. The number of rotatable bonds is 5. The molecule has 0 amide bonds. The van der Waals surface area contributed by atoms with Gasteiger partial charge in [-0.2, -0.15) is 0 Å². The van der Waals surface area contributed by atoms with Crippen LogP contribution in [0.4, 0.5) is 4.39 Å². The minimum Gasteiger partial charge on any atom is -0.310 e. The first-order chi connectivity index (χ1) is 8.66. The number of halogens is 1. The fourth-order valence-electron chi connectivity index (χ4n) is 1.54. The molecule has 0 spiro atoms. The maximum Gasteiger partial charge on any atom is 0.137 e. The maximum atomic E-state index is 13.9. The number of benzene rings is 1. The van der Waals surface area contributed by atoms with Crippen molar-refractivity contribution in [2.45, 2.75) is 35.5 Å². The van der Waals surface area contributed by atoms with E-state index in [0.717, 1.165) is 14.7 Å². The van der Waals surface area contributed by atoms with Crippen molar-refractivity contribution in [2.75, 3.05) is 0 Å². The van der Waals surface area contributed by atoms with Crippen LogP contribution in [0.25, 0.3) is 0 Å². The monoisotopic (exact) mass is 281 g/mol. The smallest absolute Gasteiger partial charge is 0.137 e. The van der Waals surface area contributed by atoms with Crippen molar-refractivity contribution in [2.24, 2.45) is 0 Å². The molecule has 0 radical (unpaired) electrons. The minimum absolute atomic E-state index is 0.142. The largest absolute Gasteiger partial charge is 0.310 e. The van der Waals surface area contributed by atoms with Crippen molar-refractivity contribution in [1.29, 1.82) is 0 Å². The molecule has 2 aromatic rings. The average molecular weight is 281 g/mol. The lowest BCUT2D eigenvalue weighted by Gasteiger charge is -2.12. The first-order valence-corrected chi connectivity index (χ1v) is 7.58. The molecule has 0 aliphatic carbocycles. The standard InChI is InChI=1S/C14H16FNS2/c1-10(2)16-9-11-5-3-6-12(15)14(11)18-13-7-4-8-17-13/h3-8,10,16H,9H2,1-2H3. The zero-order chi connectivity index (χ0) is 13.0. The average Bonchev–Trinajstić information content (AvgIpc) is 2.82. The Bertz CT molecular complexity index is 495. The molecule has 0 fully saturated rings. The molecule has 1 aromatic carbocycles. The summed E-state index contributed by atoms with van der Waals surface area (Å²) < 4.78 is 15.0. The van der Waals surface area contributed by atoms with Gasteiger partial charge >= 0.3 is 0 Å². The minimum atomic E-state index is -0.142. The summed E-state index contributed by atoms with van der Waals surface area (Å²) in [6.07, 6.45) is 0. The van der Waals surface area contributed by atoms with Gasteiger partial charge in [-0.1, -0.05) is 43.8 Å². The SMILES string of the molecule is CC(C)NCc1cccc(F)c1Sc1cccs1. The fourth-order valence-corrected chi connectivity index (χ4v) is 3.39. The van der Waals surface area contributed by atoms with E-state index in [9.17, 15) is 4.39 Å². The van der Waals surface area contributed by atoms with Gasteiger partial charge in [0.05, 0.1) is 9.10 Å².